The first kappa shape index (κ1) is 24.8. The third-order valence-corrected chi connectivity index (χ3v) is 5.61. The van der Waals surface area contributed by atoms with Crippen LogP contribution in [0.2, 0.25) is 0 Å². The molecule has 0 saturated heterocycles. The van der Waals surface area contributed by atoms with Crippen LogP contribution in [-0.4, -0.2) is 43.1 Å². The molecule has 0 aliphatic rings. The van der Waals surface area contributed by atoms with E-state index in [0.29, 0.717) is 5.92 Å². The minimum absolute atomic E-state index is 0. The predicted octanol–water partition coefficient (Wildman–Crippen LogP) is 5.06. The molecule has 0 aliphatic heterocycles. The van der Waals surface area contributed by atoms with Gasteiger partial charge in [-0.25, -0.2) is 4.98 Å². The first-order valence-electron chi connectivity index (χ1n) is 9.56. The molecule has 1 aromatic heterocycles. The van der Waals surface area contributed by atoms with Gasteiger partial charge in [-0.3, -0.25) is 4.99 Å². The van der Waals surface area contributed by atoms with Gasteiger partial charge < -0.3 is 15.0 Å². The highest BCUT2D eigenvalue weighted by Crippen LogP contribution is 2.21. The topological polar surface area (TPSA) is 49.8 Å². The Morgan fingerprint density at radius 1 is 1.29 bits per heavy atom. The molecule has 0 amide bonds. The summed E-state index contributed by atoms with van der Waals surface area (Å²) >= 11 is 1.65. The number of guanidine groups is 1. The van der Waals surface area contributed by atoms with Crippen LogP contribution in [0.1, 0.15) is 55.5 Å². The second-order valence-corrected chi connectivity index (χ2v) is 7.64. The van der Waals surface area contributed by atoms with Crippen LogP contribution in [0.25, 0.3) is 0 Å². The number of nitrogens with zero attached hydrogens (tertiary/aromatic N) is 3. The molecule has 0 bridgehead atoms. The number of hydrogen-bond donors (Lipinski definition) is 1. The lowest BCUT2D eigenvalue weighted by molar-refractivity contribution is 0.119. The van der Waals surface area contributed by atoms with E-state index in [0.717, 1.165) is 42.7 Å². The normalized spacial score (nSPS) is 13.5. The molecule has 5 nitrogen and oxygen atoms in total. The fourth-order valence-electron chi connectivity index (χ4n) is 2.78. The maximum Gasteiger partial charge on any atom is 0.194 e. The summed E-state index contributed by atoms with van der Waals surface area (Å²) in [6.45, 7) is 8.75. The Balaban J connectivity index is 0.00000392. The van der Waals surface area contributed by atoms with Crippen molar-refractivity contribution in [2.24, 2.45) is 4.99 Å². The van der Waals surface area contributed by atoms with Gasteiger partial charge in [-0.15, -0.1) is 35.3 Å². The number of rotatable bonds is 9. The van der Waals surface area contributed by atoms with Crippen molar-refractivity contribution in [3.05, 3.63) is 52.0 Å². The Hall–Kier alpha value is -1.19. The predicted molar refractivity (Wildman–Crippen MR) is 130 cm³/mol. The Morgan fingerprint density at radius 2 is 2.00 bits per heavy atom. The Labute approximate surface area is 190 Å². The number of methoxy groups -OCH3 is 1. The number of halogens is 1. The van der Waals surface area contributed by atoms with E-state index in [1.165, 1.54) is 5.56 Å². The van der Waals surface area contributed by atoms with Crippen molar-refractivity contribution >= 4 is 41.3 Å². The molecule has 0 aliphatic carbocycles. The number of hydrogen-bond acceptors (Lipinski definition) is 4. The van der Waals surface area contributed by atoms with Crippen LogP contribution < -0.4 is 5.32 Å². The van der Waals surface area contributed by atoms with Gasteiger partial charge in [-0.1, -0.05) is 37.3 Å². The summed E-state index contributed by atoms with van der Waals surface area (Å²) in [7, 11) is 3.77. The summed E-state index contributed by atoms with van der Waals surface area (Å²) < 4.78 is 5.35. The highest BCUT2D eigenvalue weighted by Gasteiger charge is 2.13. The van der Waals surface area contributed by atoms with Crippen molar-refractivity contribution in [3.8, 4) is 0 Å². The van der Waals surface area contributed by atoms with Crippen molar-refractivity contribution in [2.45, 2.75) is 45.8 Å². The van der Waals surface area contributed by atoms with Gasteiger partial charge in [0.25, 0.3) is 0 Å². The molecule has 2 atom stereocenters. The van der Waals surface area contributed by atoms with Crippen LogP contribution in [0.15, 0.2) is 40.7 Å². The quantitative estimate of drug-likeness (QED) is 0.288. The Kier molecular flexibility index (Phi) is 11.6. The fourth-order valence-corrected chi connectivity index (χ4v) is 3.62. The van der Waals surface area contributed by atoms with E-state index in [1.54, 1.807) is 18.4 Å². The lowest BCUT2D eigenvalue weighted by Crippen LogP contribution is -2.38. The van der Waals surface area contributed by atoms with E-state index in [9.17, 15) is 0 Å². The maximum absolute atomic E-state index is 5.35. The molecular formula is C21H33IN4OS. The highest BCUT2D eigenvalue weighted by atomic mass is 127. The zero-order chi connectivity index (χ0) is 19.6. The molecule has 1 aromatic carbocycles. The van der Waals surface area contributed by atoms with E-state index in [-0.39, 0.29) is 30.1 Å². The van der Waals surface area contributed by atoms with Gasteiger partial charge in [0.15, 0.2) is 5.96 Å². The van der Waals surface area contributed by atoms with Crippen LogP contribution in [0, 0.1) is 0 Å². The molecule has 156 valence electrons. The maximum atomic E-state index is 5.35. The number of thiazole rings is 1. The first-order valence-corrected chi connectivity index (χ1v) is 10.4. The second-order valence-electron chi connectivity index (χ2n) is 6.75. The van der Waals surface area contributed by atoms with Crippen molar-refractivity contribution < 1.29 is 4.74 Å². The molecule has 2 rings (SSSR count). The second kappa shape index (κ2) is 13.1. The van der Waals surface area contributed by atoms with Crippen LogP contribution in [-0.2, 0) is 11.3 Å². The van der Waals surface area contributed by atoms with Crippen LogP contribution in [0.3, 0.4) is 0 Å². The average molecular weight is 516 g/mol. The Bertz CT molecular complexity index is 707. The van der Waals surface area contributed by atoms with E-state index < -0.39 is 0 Å². The van der Waals surface area contributed by atoms with Gasteiger partial charge in [0.05, 0.1) is 12.2 Å². The zero-order valence-corrected chi connectivity index (χ0v) is 20.7. The van der Waals surface area contributed by atoms with Crippen LogP contribution in [0.4, 0.5) is 0 Å². The molecule has 2 aromatic rings. The lowest BCUT2D eigenvalue weighted by Gasteiger charge is -2.21. The smallest absolute Gasteiger partial charge is 0.194 e. The van der Waals surface area contributed by atoms with Gasteiger partial charge >= 0.3 is 0 Å². The first-order chi connectivity index (χ1) is 13.0. The van der Waals surface area contributed by atoms with Crippen LogP contribution in [0.5, 0.6) is 0 Å². The minimum Gasteiger partial charge on any atom is -0.375 e. The van der Waals surface area contributed by atoms with Gasteiger partial charge in [0.2, 0.25) is 0 Å². The highest BCUT2D eigenvalue weighted by molar-refractivity contribution is 14.0. The van der Waals surface area contributed by atoms with Crippen LogP contribution >= 0.6 is 35.3 Å². The molecule has 1 N–H and O–H groups in total. The summed E-state index contributed by atoms with van der Waals surface area (Å²) in [5, 5.41) is 6.50. The van der Waals surface area contributed by atoms with Crippen molar-refractivity contribution in [2.75, 3.05) is 27.2 Å². The number of benzene rings is 1. The summed E-state index contributed by atoms with van der Waals surface area (Å²) in [5.74, 6) is 1.42. The van der Waals surface area contributed by atoms with Gasteiger partial charge in [0, 0.05) is 32.6 Å². The SMILES string of the molecule is CCNC(=NCCC(C)c1ccccc1)N(C)Cc1csc(C(C)OC)n1.I. The third-order valence-electron chi connectivity index (χ3n) is 4.56. The molecule has 7 heteroatoms. The van der Waals surface area contributed by atoms with Crippen molar-refractivity contribution in [1.29, 1.82) is 0 Å². The Morgan fingerprint density at radius 3 is 2.64 bits per heavy atom. The van der Waals surface area contributed by atoms with Crippen molar-refractivity contribution in [3.63, 3.8) is 0 Å². The molecule has 0 spiro atoms. The fraction of sp³-hybridized carbons (Fsp3) is 0.524. The molecule has 0 fully saturated rings. The van der Waals surface area contributed by atoms with E-state index >= 15 is 0 Å². The molecule has 1 heterocycles. The molecule has 2 unspecified atom stereocenters. The lowest BCUT2D eigenvalue weighted by atomic mass is 9.98. The summed E-state index contributed by atoms with van der Waals surface area (Å²) in [6, 6.07) is 10.6. The van der Waals surface area contributed by atoms with E-state index in [2.05, 4.69) is 71.8 Å². The number of ether oxygens (including phenoxy) is 1. The third kappa shape index (κ3) is 7.67. The molecule has 0 radical (unpaired) electrons. The van der Waals surface area contributed by atoms with E-state index in [1.807, 2.05) is 6.92 Å². The molecule has 0 saturated carbocycles. The largest absolute Gasteiger partial charge is 0.375 e. The van der Waals surface area contributed by atoms with Gasteiger partial charge in [-0.05, 0) is 31.7 Å². The number of nitrogens with one attached hydrogen (secondary N) is 1. The zero-order valence-electron chi connectivity index (χ0n) is 17.5. The number of aromatic nitrogens is 1. The monoisotopic (exact) mass is 516 g/mol. The summed E-state index contributed by atoms with van der Waals surface area (Å²) in [5.41, 5.74) is 2.41. The molecule has 28 heavy (non-hydrogen) atoms. The summed E-state index contributed by atoms with van der Waals surface area (Å²) in [4.78, 5) is 11.6. The minimum atomic E-state index is 0. The van der Waals surface area contributed by atoms with Gasteiger partial charge in [-0.2, -0.15) is 0 Å². The number of aliphatic imine (C=N–C) groups is 1. The standard InChI is InChI=1S/C21H32N4OS.HI/c1-6-22-21(23-13-12-16(2)18-10-8-7-9-11-18)25(4)14-19-15-27-20(24-19)17(3)26-5;/h7-11,15-17H,6,12-14H2,1-5H3,(H,22,23);1H. The summed E-state index contributed by atoms with van der Waals surface area (Å²) in [6.07, 6.45) is 1.06. The van der Waals surface area contributed by atoms with Crippen molar-refractivity contribution in [1.82, 2.24) is 15.2 Å². The average Bonchev–Trinajstić information content (AvgIpc) is 3.15. The van der Waals surface area contributed by atoms with Gasteiger partial charge in [0.1, 0.15) is 11.1 Å². The van der Waals surface area contributed by atoms with E-state index in [4.69, 9.17) is 9.73 Å². The molecular weight excluding hydrogens is 483 g/mol.